The number of aliphatic imine (C=N–C) groups is 1. The van der Waals surface area contributed by atoms with Gasteiger partial charge in [-0.1, -0.05) is 6.07 Å². The molecular formula is C13H16F3N3. The van der Waals surface area contributed by atoms with E-state index in [0.29, 0.717) is 0 Å². The van der Waals surface area contributed by atoms with Crippen molar-refractivity contribution >= 4 is 11.6 Å². The molecule has 0 amide bonds. The third-order valence-electron chi connectivity index (χ3n) is 3.05. The summed E-state index contributed by atoms with van der Waals surface area (Å²) >= 11 is 0. The second kappa shape index (κ2) is 5.50. The van der Waals surface area contributed by atoms with Crippen molar-refractivity contribution in [2.24, 2.45) is 10.7 Å². The van der Waals surface area contributed by atoms with E-state index in [4.69, 9.17) is 5.73 Å². The highest BCUT2D eigenvalue weighted by molar-refractivity contribution is 5.92. The van der Waals surface area contributed by atoms with Crippen molar-refractivity contribution < 1.29 is 13.2 Å². The summed E-state index contributed by atoms with van der Waals surface area (Å²) in [5.74, 6) is 0.0159. The zero-order valence-electron chi connectivity index (χ0n) is 10.4. The molecule has 0 aliphatic heterocycles. The topological polar surface area (TPSA) is 50.4 Å². The van der Waals surface area contributed by atoms with Crippen molar-refractivity contribution in [3.05, 3.63) is 29.3 Å². The van der Waals surface area contributed by atoms with Crippen LogP contribution in [0.2, 0.25) is 0 Å². The zero-order valence-corrected chi connectivity index (χ0v) is 10.4. The number of alkyl halides is 3. The summed E-state index contributed by atoms with van der Waals surface area (Å²) in [6.45, 7) is -0.354. The van der Waals surface area contributed by atoms with Gasteiger partial charge in [0.15, 0.2) is 5.96 Å². The van der Waals surface area contributed by atoms with Crippen molar-refractivity contribution in [2.75, 3.05) is 11.9 Å². The van der Waals surface area contributed by atoms with Gasteiger partial charge in [0.2, 0.25) is 0 Å². The molecule has 1 aliphatic carbocycles. The van der Waals surface area contributed by atoms with Gasteiger partial charge in [0.1, 0.15) is 0 Å². The first-order chi connectivity index (χ1) is 8.94. The lowest BCUT2D eigenvalue weighted by Gasteiger charge is -2.08. The Morgan fingerprint density at radius 2 is 2.00 bits per heavy atom. The number of rotatable bonds is 3. The molecule has 0 bridgehead atoms. The number of hydrogen-bond donors (Lipinski definition) is 2. The average molecular weight is 271 g/mol. The summed E-state index contributed by atoms with van der Waals surface area (Å²) < 4.78 is 35.9. The van der Waals surface area contributed by atoms with Crippen LogP contribution < -0.4 is 11.1 Å². The minimum Gasteiger partial charge on any atom is -0.370 e. The molecule has 0 spiro atoms. The summed E-state index contributed by atoms with van der Waals surface area (Å²) in [7, 11) is 0. The van der Waals surface area contributed by atoms with E-state index in [2.05, 4.69) is 10.3 Å². The molecule has 3 nitrogen and oxygen atoms in total. The maximum Gasteiger partial charge on any atom is 0.390 e. The highest BCUT2D eigenvalue weighted by atomic mass is 19.4. The summed E-state index contributed by atoms with van der Waals surface area (Å²) in [6.07, 6.45) is -1.88. The SMILES string of the molecule is NC(=NCCC(F)(F)F)Nc1ccc2c(c1)CCC2. The van der Waals surface area contributed by atoms with Gasteiger partial charge >= 0.3 is 6.18 Å². The van der Waals surface area contributed by atoms with Gasteiger partial charge in [-0.05, 0) is 42.5 Å². The molecular weight excluding hydrogens is 255 g/mol. The molecule has 6 heteroatoms. The Hall–Kier alpha value is -1.72. The number of nitrogens with zero attached hydrogens (tertiary/aromatic N) is 1. The van der Waals surface area contributed by atoms with Gasteiger partial charge in [0, 0.05) is 5.69 Å². The molecule has 0 heterocycles. The lowest BCUT2D eigenvalue weighted by Crippen LogP contribution is -2.23. The molecule has 0 saturated carbocycles. The van der Waals surface area contributed by atoms with Crippen LogP contribution in [-0.2, 0) is 12.8 Å². The monoisotopic (exact) mass is 271 g/mol. The molecule has 3 N–H and O–H groups in total. The molecule has 1 aromatic carbocycles. The molecule has 0 fully saturated rings. The fraction of sp³-hybridized carbons (Fsp3) is 0.462. The maximum atomic E-state index is 12.0. The third kappa shape index (κ3) is 4.15. The van der Waals surface area contributed by atoms with Crippen LogP contribution >= 0.6 is 0 Å². The Morgan fingerprint density at radius 1 is 1.26 bits per heavy atom. The normalized spacial score (nSPS) is 15.4. The Bertz CT molecular complexity index is 481. The van der Waals surface area contributed by atoms with Gasteiger partial charge < -0.3 is 11.1 Å². The van der Waals surface area contributed by atoms with Gasteiger partial charge in [-0.15, -0.1) is 0 Å². The molecule has 0 radical (unpaired) electrons. The minimum atomic E-state index is -4.20. The maximum absolute atomic E-state index is 12.0. The van der Waals surface area contributed by atoms with Crippen LogP contribution in [0, 0.1) is 0 Å². The number of halogens is 3. The first-order valence-electron chi connectivity index (χ1n) is 6.19. The largest absolute Gasteiger partial charge is 0.390 e. The van der Waals surface area contributed by atoms with Crippen molar-refractivity contribution in [3.63, 3.8) is 0 Å². The van der Waals surface area contributed by atoms with E-state index < -0.39 is 12.6 Å². The minimum absolute atomic E-state index is 0.0159. The van der Waals surface area contributed by atoms with E-state index in [0.717, 1.165) is 24.9 Å². The highest BCUT2D eigenvalue weighted by Crippen LogP contribution is 2.24. The Kier molecular flexibility index (Phi) is 3.97. The molecule has 0 atom stereocenters. The Morgan fingerprint density at radius 3 is 2.74 bits per heavy atom. The van der Waals surface area contributed by atoms with Gasteiger partial charge in [-0.2, -0.15) is 13.2 Å². The number of anilines is 1. The summed E-state index contributed by atoms with van der Waals surface area (Å²) in [5.41, 5.74) is 8.93. The van der Waals surface area contributed by atoms with Crippen LogP contribution in [0.4, 0.5) is 18.9 Å². The van der Waals surface area contributed by atoms with Crippen molar-refractivity contribution in [3.8, 4) is 0 Å². The van der Waals surface area contributed by atoms with Crippen LogP contribution in [0.5, 0.6) is 0 Å². The summed E-state index contributed by atoms with van der Waals surface area (Å²) in [6, 6.07) is 5.87. The predicted molar refractivity (Wildman–Crippen MR) is 69.3 cm³/mol. The van der Waals surface area contributed by atoms with Crippen molar-refractivity contribution in [1.82, 2.24) is 0 Å². The van der Waals surface area contributed by atoms with Crippen LogP contribution in [0.1, 0.15) is 24.0 Å². The molecule has 2 rings (SSSR count). The van der Waals surface area contributed by atoms with Gasteiger partial charge in [-0.3, -0.25) is 4.99 Å². The number of nitrogens with two attached hydrogens (primary N) is 1. The second-order valence-corrected chi connectivity index (χ2v) is 4.59. The number of nitrogens with one attached hydrogen (secondary N) is 1. The van der Waals surface area contributed by atoms with Gasteiger partial charge in [-0.25, -0.2) is 0 Å². The number of benzene rings is 1. The molecule has 1 aromatic rings. The number of aryl methyl sites for hydroxylation is 2. The van der Waals surface area contributed by atoms with E-state index in [1.54, 1.807) is 0 Å². The van der Waals surface area contributed by atoms with Crippen LogP contribution in [0.3, 0.4) is 0 Å². The highest BCUT2D eigenvalue weighted by Gasteiger charge is 2.26. The molecule has 0 unspecified atom stereocenters. The second-order valence-electron chi connectivity index (χ2n) is 4.59. The predicted octanol–water partition coefficient (Wildman–Crippen LogP) is 2.85. The fourth-order valence-electron chi connectivity index (χ4n) is 2.14. The van der Waals surface area contributed by atoms with E-state index in [-0.39, 0.29) is 12.5 Å². The average Bonchev–Trinajstić information content (AvgIpc) is 2.74. The molecule has 19 heavy (non-hydrogen) atoms. The lowest BCUT2D eigenvalue weighted by atomic mass is 10.1. The quantitative estimate of drug-likeness (QED) is 0.656. The first kappa shape index (κ1) is 13.7. The van der Waals surface area contributed by atoms with E-state index in [1.165, 1.54) is 11.1 Å². The standard InChI is InChI=1S/C13H16F3N3/c14-13(15,16)6-7-18-12(17)19-11-5-4-9-2-1-3-10(9)8-11/h4-5,8H,1-3,6-7H2,(H3,17,18,19). The summed E-state index contributed by atoms with van der Waals surface area (Å²) in [5, 5.41) is 2.82. The van der Waals surface area contributed by atoms with E-state index in [1.807, 2.05) is 18.2 Å². The van der Waals surface area contributed by atoms with E-state index >= 15 is 0 Å². The van der Waals surface area contributed by atoms with Gasteiger partial charge in [0.05, 0.1) is 13.0 Å². The van der Waals surface area contributed by atoms with Gasteiger partial charge in [0.25, 0.3) is 0 Å². The molecule has 0 saturated heterocycles. The molecule has 1 aliphatic rings. The number of hydrogen-bond acceptors (Lipinski definition) is 1. The fourth-order valence-corrected chi connectivity index (χ4v) is 2.14. The van der Waals surface area contributed by atoms with Crippen LogP contribution in [0.25, 0.3) is 0 Å². The third-order valence-corrected chi connectivity index (χ3v) is 3.05. The van der Waals surface area contributed by atoms with E-state index in [9.17, 15) is 13.2 Å². The lowest BCUT2D eigenvalue weighted by molar-refractivity contribution is -0.132. The Balaban J connectivity index is 1.91. The summed E-state index contributed by atoms with van der Waals surface area (Å²) in [4.78, 5) is 3.66. The first-order valence-corrected chi connectivity index (χ1v) is 6.19. The zero-order chi connectivity index (χ0) is 13.9. The van der Waals surface area contributed by atoms with Crippen molar-refractivity contribution in [1.29, 1.82) is 0 Å². The Labute approximate surface area is 109 Å². The number of guanidine groups is 1. The number of fused-ring (bicyclic) bond motifs is 1. The van der Waals surface area contributed by atoms with Crippen molar-refractivity contribution in [2.45, 2.75) is 31.9 Å². The molecule has 0 aromatic heterocycles. The van der Waals surface area contributed by atoms with Crippen LogP contribution in [-0.4, -0.2) is 18.7 Å². The molecule has 104 valence electrons. The smallest absolute Gasteiger partial charge is 0.370 e. The van der Waals surface area contributed by atoms with Crippen LogP contribution in [0.15, 0.2) is 23.2 Å².